The van der Waals surface area contributed by atoms with Gasteiger partial charge in [-0.1, -0.05) is 44.9 Å². The van der Waals surface area contributed by atoms with Gasteiger partial charge in [0.2, 0.25) is 0 Å². The van der Waals surface area contributed by atoms with Crippen molar-refractivity contribution in [2.24, 2.45) is 5.92 Å². The molecule has 5 nitrogen and oxygen atoms in total. The number of rotatable bonds is 9. The van der Waals surface area contributed by atoms with E-state index >= 15 is 0 Å². The summed E-state index contributed by atoms with van der Waals surface area (Å²) in [6.45, 7) is 5.11. The van der Waals surface area contributed by atoms with Gasteiger partial charge in [-0.3, -0.25) is 9.59 Å². The normalized spacial score (nSPS) is 12.3. The van der Waals surface area contributed by atoms with Crippen LogP contribution in [0.15, 0.2) is 22.2 Å². The molecule has 1 heterocycles. The predicted octanol–water partition coefficient (Wildman–Crippen LogP) is 2.64. The van der Waals surface area contributed by atoms with Crippen molar-refractivity contribution in [3.8, 4) is 0 Å². The second-order valence-electron chi connectivity index (χ2n) is 4.80. The summed E-state index contributed by atoms with van der Waals surface area (Å²) >= 11 is 1.10. The van der Waals surface area contributed by atoms with Gasteiger partial charge in [0, 0.05) is 18.8 Å². The summed E-state index contributed by atoms with van der Waals surface area (Å²) in [4.78, 5) is 25.9. The minimum absolute atomic E-state index is 0.0811. The number of carboxylic acids is 1. The van der Waals surface area contributed by atoms with Gasteiger partial charge in [0.05, 0.1) is 5.75 Å². The number of aromatic nitrogens is 2. The van der Waals surface area contributed by atoms with Crippen molar-refractivity contribution < 1.29 is 9.90 Å². The molecule has 6 heteroatoms. The predicted molar refractivity (Wildman–Crippen MR) is 80.2 cm³/mol. The standard InChI is InChI=1S/C14H22N2O3S/c1-3-5-6-11(4-2)9-16-8-7-12(17)15-14(16)20-10-13(18)19/h7-8,11H,3-6,9-10H2,1-2H3,(H,18,19). The molecule has 0 saturated carbocycles. The van der Waals surface area contributed by atoms with Crippen LogP contribution in [-0.2, 0) is 11.3 Å². The van der Waals surface area contributed by atoms with E-state index in [-0.39, 0.29) is 11.3 Å². The monoisotopic (exact) mass is 298 g/mol. The molecular weight excluding hydrogens is 276 g/mol. The van der Waals surface area contributed by atoms with Gasteiger partial charge in [0.25, 0.3) is 5.56 Å². The van der Waals surface area contributed by atoms with Gasteiger partial charge in [-0.2, -0.15) is 4.98 Å². The van der Waals surface area contributed by atoms with E-state index in [1.165, 1.54) is 18.9 Å². The van der Waals surface area contributed by atoms with E-state index < -0.39 is 5.97 Å². The van der Waals surface area contributed by atoms with E-state index in [4.69, 9.17) is 5.11 Å². The maximum Gasteiger partial charge on any atom is 0.313 e. The molecule has 0 amide bonds. The maximum absolute atomic E-state index is 11.3. The summed E-state index contributed by atoms with van der Waals surface area (Å²) < 4.78 is 1.90. The zero-order chi connectivity index (χ0) is 15.0. The van der Waals surface area contributed by atoms with Crippen LogP contribution in [0.3, 0.4) is 0 Å². The number of carboxylic acid groups (broad SMARTS) is 1. The number of nitrogens with zero attached hydrogens (tertiary/aromatic N) is 2. The summed E-state index contributed by atoms with van der Waals surface area (Å²) in [6.07, 6.45) is 6.27. The molecule has 0 aliphatic rings. The van der Waals surface area contributed by atoms with Gasteiger partial charge in [0.1, 0.15) is 0 Å². The molecule has 20 heavy (non-hydrogen) atoms. The third kappa shape index (κ3) is 5.77. The fourth-order valence-electron chi connectivity index (χ4n) is 1.99. The highest BCUT2D eigenvalue weighted by Gasteiger charge is 2.11. The number of hydrogen-bond acceptors (Lipinski definition) is 4. The van der Waals surface area contributed by atoms with Gasteiger partial charge < -0.3 is 9.67 Å². The number of unbranched alkanes of at least 4 members (excludes halogenated alkanes) is 1. The Morgan fingerprint density at radius 3 is 2.85 bits per heavy atom. The number of thioether (sulfide) groups is 1. The molecule has 0 spiro atoms. The largest absolute Gasteiger partial charge is 0.481 e. The van der Waals surface area contributed by atoms with Crippen LogP contribution in [0.1, 0.15) is 39.5 Å². The Morgan fingerprint density at radius 1 is 1.50 bits per heavy atom. The molecule has 0 radical (unpaired) electrons. The lowest BCUT2D eigenvalue weighted by Crippen LogP contribution is -2.18. The third-order valence-electron chi connectivity index (χ3n) is 3.17. The summed E-state index contributed by atoms with van der Waals surface area (Å²) in [7, 11) is 0. The molecule has 0 fully saturated rings. The van der Waals surface area contributed by atoms with Gasteiger partial charge in [-0.05, 0) is 12.3 Å². The first kappa shape index (κ1) is 16.8. The topological polar surface area (TPSA) is 72.2 Å². The van der Waals surface area contributed by atoms with Crippen LogP contribution in [-0.4, -0.2) is 26.4 Å². The fourth-order valence-corrected chi connectivity index (χ4v) is 2.70. The van der Waals surface area contributed by atoms with E-state index in [0.717, 1.165) is 31.1 Å². The molecule has 1 unspecified atom stereocenters. The molecule has 0 bridgehead atoms. The molecule has 0 aliphatic heterocycles. The minimum Gasteiger partial charge on any atom is -0.481 e. The fraction of sp³-hybridized carbons (Fsp3) is 0.643. The van der Waals surface area contributed by atoms with Crippen LogP contribution in [0.25, 0.3) is 0 Å². The zero-order valence-electron chi connectivity index (χ0n) is 12.0. The van der Waals surface area contributed by atoms with Crippen LogP contribution in [0.4, 0.5) is 0 Å². The Bertz CT molecular complexity index is 488. The molecule has 1 atom stereocenters. The lowest BCUT2D eigenvalue weighted by atomic mass is 9.99. The molecule has 1 rings (SSSR count). The average molecular weight is 298 g/mol. The molecule has 0 aliphatic carbocycles. The van der Waals surface area contributed by atoms with Crippen LogP contribution in [0, 0.1) is 5.92 Å². The van der Waals surface area contributed by atoms with Crippen molar-refractivity contribution in [1.82, 2.24) is 9.55 Å². The van der Waals surface area contributed by atoms with E-state index in [9.17, 15) is 9.59 Å². The first-order valence-corrected chi connectivity index (χ1v) is 7.97. The van der Waals surface area contributed by atoms with Gasteiger partial charge in [-0.15, -0.1) is 0 Å². The Balaban J connectivity index is 2.81. The molecule has 1 N–H and O–H groups in total. The first-order chi connectivity index (χ1) is 9.56. The quantitative estimate of drug-likeness (QED) is 0.560. The van der Waals surface area contributed by atoms with Crippen molar-refractivity contribution in [2.45, 2.75) is 51.2 Å². The van der Waals surface area contributed by atoms with Crippen molar-refractivity contribution in [2.75, 3.05) is 5.75 Å². The van der Waals surface area contributed by atoms with Crippen molar-refractivity contribution in [1.29, 1.82) is 0 Å². The highest BCUT2D eigenvalue weighted by atomic mass is 32.2. The number of aliphatic carboxylic acids is 1. The third-order valence-corrected chi connectivity index (χ3v) is 4.15. The molecular formula is C14H22N2O3S. The van der Waals surface area contributed by atoms with Gasteiger partial charge in [-0.25, -0.2) is 0 Å². The average Bonchev–Trinajstić information content (AvgIpc) is 2.42. The molecule has 1 aromatic rings. The Kier molecular flexibility index (Phi) is 7.36. The van der Waals surface area contributed by atoms with Crippen molar-refractivity contribution >= 4 is 17.7 Å². The summed E-state index contributed by atoms with van der Waals surface area (Å²) in [5.74, 6) is -0.455. The van der Waals surface area contributed by atoms with Gasteiger partial charge >= 0.3 is 5.97 Å². The van der Waals surface area contributed by atoms with E-state index in [0.29, 0.717) is 11.1 Å². The lowest BCUT2D eigenvalue weighted by Gasteiger charge is -2.18. The van der Waals surface area contributed by atoms with Crippen LogP contribution < -0.4 is 5.56 Å². The number of hydrogen-bond donors (Lipinski definition) is 1. The highest BCUT2D eigenvalue weighted by Crippen LogP contribution is 2.19. The molecule has 112 valence electrons. The van der Waals surface area contributed by atoms with Crippen LogP contribution in [0.5, 0.6) is 0 Å². The smallest absolute Gasteiger partial charge is 0.313 e. The first-order valence-electron chi connectivity index (χ1n) is 6.98. The Morgan fingerprint density at radius 2 is 2.25 bits per heavy atom. The Labute approximate surface area is 123 Å². The van der Waals surface area contributed by atoms with E-state index in [1.807, 2.05) is 4.57 Å². The van der Waals surface area contributed by atoms with Crippen LogP contribution >= 0.6 is 11.8 Å². The second-order valence-corrected chi connectivity index (χ2v) is 5.74. The minimum atomic E-state index is -0.905. The van der Waals surface area contributed by atoms with E-state index in [2.05, 4.69) is 18.8 Å². The summed E-state index contributed by atoms with van der Waals surface area (Å²) in [5, 5.41) is 9.24. The molecule has 1 aromatic heterocycles. The van der Waals surface area contributed by atoms with E-state index in [1.54, 1.807) is 6.20 Å². The van der Waals surface area contributed by atoms with Crippen molar-refractivity contribution in [3.05, 3.63) is 22.6 Å². The van der Waals surface area contributed by atoms with Gasteiger partial charge in [0.15, 0.2) is 5.16 Å². The van der Waals surface area contributed by atoms with Crippen molar-refractivity contribution in [3.63, 3.8) is 0 Å². The SMILES string of the molecule is CCCCC(CC)Cn1ccc(=O)nc1SCC(=O)O. The Hall–Kier alpha value is -1.30. The zero-order valence-corrected chi connectivity index (χ0v) is 12.9. The lowest BCUT2D eigenvalue weighted by molar-refractivity contribution is -0.133. The molecule has 0 aromatic carbocycles. The molecule has 0 saturated heterocycles. The summed E-state index contributed by atoms with van der Waals surface area (Å²) in [6, 6.07) is 1.43. The number of carbonyl (C=O) groups is 1. The summed E-state index contributed by atoms with van der Waals surface area (Å²) in [5.41, 5.74) is -0.323. The highest BCUT2D eigenvalue weighted by molar-refractivity contribution is 7.99. The second kappa shape index (κ2) is 8.79. The van der Waals surface area contributed by atoms with Crippen LogP contribution in [0.2, 0.25) is 0 Å². The maximum atomic E-state index is 11.3.